The highest BCUT2D eigenvalue weighted by molar-refractivity contribution is 5.91. The van der Waals surface area contributed by atoms with Gasteiger partial charge in [-0.2, -0.15) is 10.4 Å². The van der Waals surface area contributed by atoms with Gasteiger partial charge >= 0.3 is 0 Å². The third-order valence-corrected chi connectivity index (χ3v) is 3.26. The van der Waals surface area contributed by atoms with Gasteiger partial charge in [-0.3, -0.25) is 4.79 Å². The van der Waals surface area contributed by atoms with Crippen molar-refractivity contribution in [3.63, 3.8) is 0 Å². The molecule has 2 aromatic carbocycles. The number of carbonyl (C=O) groups excluding carboxylic acids is 1. The number of para-hydroxylation sites is 1. The SMILES string of the molecule is N#Cc1cccc(CNC(=O)c2ncnn2-c2ccccc2)c1. The normalized spacial score (nSPS) is 10.0. The van der Waals surface area contributed by atoms with Gasteiger partial charge in [-0.15, -0.1) is 0 Å². The highest BCUT2D eigenvalue weighted by Gasteiger charge is 2.14. The van der Waals surface area contributed by atoms with E-state index in [0.717, 1.165) is 11.3 Å². The number of nitrogens with one attached hydrogen (secondary N) is 1. The van der Waals surface area contributed by atoms with Gasteiger partial charge < -0.3 is 5.32 Å². The fourth-order valence-corrected chi connectivity index (χ4v) is 2.17. The molecule has 6 heteroatoms. The van der Waals surface area contributed by atoms with Crippen molar-refractivity contribution >= 4 is 5.91 Å². The summed E-state index contributed by atoms with van der Waals surface area (Å²) in [5.74, 6) is -0.110. The van der Waals surface area contributed by atoms with Gasteiger partial charge in [0.15, 0.2) is 0 Å². The van der Waals surface area contributed by atoms with Crippen molar-refractivity contribution in [1.29, 1.82) is 5.26 Å². The summed E-state index contributed by atoms with van der Waals surface area (Å²) in [5, 5.41) is 15.8. The monoisotopic (exact) mass is 303 g/mol. The summed E-state index contributed by atoms with van der Waals surface area (Å²) >= 11 is 0. The number of amides is 1. The summed E-state index contributed by atoms with van der Waals surface area (Å²) in [4.78, 5) is 16.4. The molecule has 112 valence electrons. The molecule has 0 saturated heterocycles. The first kappa shape index (κ1) is 14.5. The van der Waals surface area contributed by atoms with Crippen molar-refractivity contribution in [3.05, 3.63) is 77.9 Å². The van der Waals surface area contributed by atoms with Crippen LogP contribution in [-0.2, 0) is 6.54 Å². The molecule has 0 saturated carbocycles. The van der Waals surface area contributed by atoms with Gasteiger partial charge in [-0.1, -0.05) is 30.3 Å². The minimum absolute atomic E-state index is 0.215. The smallest absolute Gasteiger partial charge is 0.289 e. The van der Waals surface area contributed by atoms with Gasteiger partial charge in [0, 0.05) is 6.54 Å². The maximum absolute atomic E-state index is 12.3. The number of aromatic nitrogens is 3. The third-order valence-electron chi connectivity index (χ3n) is 3.26. The van der Waals surface area contributed by atoms with Crippen LogP contribution in [0.5, 0.6) is 0 Å². The molecule has 0 spiro atoms. The van der Waals surface area contributed by atoms with Crippen LogP contribution in [0.3, 0.4) is 0 Å². The minimum Gasteiger partial charge on any atom is -0.345 e. The van der Waals surface area contributed by atoms with E-state index in [9.17, 15) is 4.79 Å². The molecular weight excluding hydrogens is 290 g/mol. The van der Waals surface area contributed by atoms with Crippen molar-refractivity contribution in [1.82, 2.24) is 20.1 Å². The predicted octanol–water partition coefficient (Wildman–Crippen LogP) is 2.07. The van der Waals surface area contributed by atoms with Crippen molar-refractivity contribution < 1.29 is 4.79 Å². The lowest BCUT2D eigenvalue weighted by atomic mass is 10.1. The second-order valence-electron chi connectivity index (χ2n) is 4.83. The molecule has 6 nitrogen and oxygen atoms in total. The Hall–Kier alpha value is -3.46. The molecule has 0 aliphatic heterocycles. The van der Waals surface area contributed by atoms with Gasteiger partial charge in [-0.25, -0.2) is 9.67 Å². The fraction of sp³-hybridized carbons (Fsp3) is 0.0588. The Morgan fingerprint density at radius 1 is 1.17 bits per heavy atom. The quantitative estimate of drug-likeness (QED) is 0.799. The average molecular weight is 303 g/mol. The van der Waals surface area contributed by atoms with Crippen LogP contribution in [0.25, 0.3) is 5.69 Å². The molecule has 0 atom stereocenters. The van der Waals surface area contributed by atoms with E-state index in [1.165, 1.54) is 11.0 Å². The Balaban J connectivity index is 1.75. The number of nitrogens with zero attached hydrogens (tertiary/aromatic N) is 4. The lowest BCUT2D eigenvalue weighted by Gasteiger charge is -2.07. The molecule has 0 aliphatic rings. The zero-order chi connectivity index (χ0) is 16.1. The Bertz CT molecular complexity index is 864. The largest absolute Gasteiger partial charge is 0.345 e. The van der Waals surface area contributed by atoms with Gasteiger partial charge in [-0.05, 0) is 29.8 Å². The molecule has 1 N–H and O–H groups in total. The van der Waals surface area contributed by atoms with E-state index in [1.807, 2.05) is 36.4 Å². The van der Waals surface area contributed by atoms with Crippen LogP contribution in [0, 0.1) is 11.3 Å². The van der Waals surface area contributed by atoms with E-state index in [4.69, 9.17) is 5.26 Å². The van der Waals surface area contributed by atoms with Gasteiger partial charge in [0.2, 0.25) is 5.82 Å². The molecule has 3 rings (SSSR count). The summed E-state index contributed by atoms with van der Waals surface area (Å²) in [6.45, 7) is 0.315. The van der Waals surface area contributed by atoms with Crippen molar-refractivity contribution in [2.75, 3.05) is 0 Å². The highest BCUT2D eigenvalue weighted by Crippen LogP contribution is 2.08. The summed E-state index contributed by atoms with van der Waals surface area (Å²) in [6, 6.07) is 18.5. The number of rotatable bonds is 4. The Morgan fingerprint density at radius 2 is 2.00 bits per heavy atom. The lowest BCUT2D eigenvalue weighted by Crippen LogP contribution is -2.26. The molecule has 23 heavy (non-hydrogen) atoms. The van der Waals surface area contributed by atoms with Gasteiger partial charge in [0.05, 0.1) is 17.3 Å². The Labute approximate surface area is 133 Å². The number of hydrogen-bond donors (Lipinski definition) is 1. The molecule has 0 unspecified atom stereocenters. The number of nitriles is 1. The molecule has 0 bridgehead atoms. The van der Waals surface area contributed by atoms with E-state index in [-0.39, 0.29) is 11.7 Å². The van der Waals surface area contributed by atoms with Crippen LogP contribution in [0.15, 0.2) is 60.9 Å². The van der Waals surface area contributed by atoms with E-state index in [0.29, 0.717) is 12.1 Å². The van der Waals surface area contributed by atoms with Crippen molar-refractivity contribution in [2.45, 2.75) is 6.54 Å². The maximum atomic E-state index is 12.3. The summed E-state index contributed by atoms with van der Waals surface area (Å²) < 4.78 is 1.49. The van der Waals surface area contributed by atoms with E-state index < -0.39 is 0 Å². The molecular formula is C17H13N5O. The molecule has 1 heterocycles. The van der Waals surface area contributed by atoms with Gasteiger partial charge in [0.25, 0.3) is 5.91 Å². The second kappa shape index (κ2) is 6.54. The Kier molecular flexibility index (Phi) is 4.11. The maximum Gasteiger partial charge on any atom is 0.289 e. The standard InChI is InChI=1S/C17H13N5O/c18-10-13-5-4-6-14(9-13)11-19-17(23)16-20-12-21-22(16)15-7-2-1-3-8-15/h1-9,12H,11H2,(H,19,23). The van der Waals surface area contributed by atoms with Crippen LogP contribution in [0.1, 0.15) is 21.7 Å². The van der Waals surface area contributed by atoms with E-state index in [2.05, 4.69) is 21.5 Å². The summed E-state index contributed by atoms with van der Waals surface area (Å²) in [5.41, 5.74) is 2.18. The molecule has 3 aromatic rings. The van der Waals surface area contributed by atoms with Crippen LogP contribution >= 0.6 is 0 Å². The summed E-state index contributed by atoms with van der Waals surface area (Å²) in [7, 11) is 0. The first-order chi connectivity index (χ1) is 11.3. The van der Waals surface area contributed by atoms with Crippen LogP contribution < -0.4 is 5.32 Å². The number of hydrogen-bond acceptors (Lipinski definition) is 4. The van der Waals surface area contributed by atoms with Crippen molar-refractivity contribution in [2.24, 2.45) is 0 Å². The molecule has 0 fully saturated rings. The number of benzene rings is 2. The van der Waals surface area contributed by atoms with E-state index in [1.54, 1.807) is 18.2 Å². The first-order valence-corrected chi connectivity index (χ1v) is 7.00. The summed E-state index contributed by atoms with van der Waals surface area (Å²) in [6.07, 6.45) is 1.35. The lowest BCUT2D eigenvalue weighted by molar-refractivity contribution is 0.0938. The molecule has 0 aliphatic carbocycles. The predicted molar refractivity (Wildman–Crippen MR) is 83.7 cm³/mol. The van der Waals surface area contributed by atoms with Crippen LogP contribution in [-0.4, -0.2) is 20.7 Å². The molecule has 1 aromatic heterocycles. The third kappa shape index (κ3) is 3.24. The highest BCUT2D eigenvalue weighted by atomic mass is 16.2. The zero-order valence-electron chi connectivity index (χ0n) is 12.2. The minimum atomic E-state index is -0.325. The molecule has 1 amide bonds. The number of carbonyl (C=O) groups is 1. The van der Waals surface area contributed by atoms with E-state index >= 15 is 0 Å². The fourth-order valence-electron chi connectivity index (χ4n) is 2.17. The molecule has 0 radical (unpaired) electrons. The van der Waals surface area contributed by atoms with Crippen LogP contribution in [0.4, 0.5) is 0 Å². The van der Waals surface area contributed by atoms with Crippen LogP contribution in [0.2, 0.25) is 0 Å². The Morgan fingerprint density at radius 3 is 2.78 bits per heavy atom. The second-order valence-corrected chi connectivity index (χ2v) is 4.83. The first-order valence-electron chi connectivity index (χ1n) is 7.00. The average Bonchev–Trinajstić information content (AvgIpc) is 3.10. The zero-order valence-corrected chi connectivity index (χ0v) is 12.2. The van der Waals surface area contributed by atoms with Crippen molar-refractivity contribution in [3.8, 4) is 11.8 Å². The topological polar surface area (TPSA) is 83.6 Å². The van der Waals surface area contributed by atoms with Gasteiger partial charge in [0.1, 0.15) is 6.33 Å².